The quantitative estimate of drug-likeness (QED) is 0.602. The van der Waals surface area contributed by atoms with Gasteiger partial charge in [-0.05, 0) is 12.1 Å². The summed E-state index contributed by atoms with van der Waals surface area (Å²) in [5, 5.41) is 0. The lowest BCUT2D eigenvalue weighted by Crippen LogP contribution is -2.34. The van der Waals surface area contributed by atoms with Crippen molar-refractivity contribution >= 4 is 5.97 Å². The Morgan fingerprint density at radius 1 is 1.29 bits per heavy atom. The van der Waals surface area contributed by atoms with Gasteiger partial charge in [0.05, 0.1) is 12.7 Å². The van der Waals surface area contributed by atoms with Crippen LogP contribution in [-0.2, 0) is 10.7 Å². The third-order valence-electron chi connectivity index (χ3n) is 1.86. The molecule has 0 bridgehead atoms. The molecular weight excluding hydrogens is 249 g/mol. The van der Waals surface area contributed by atoms with E-state index >= 15 is 0 Å². The van der Waals surface area contributed by atoms with Gasteiger partial charge >= 0.3 is 18.1 Å². The maximum atomic E-state index is 12.9. The van der Waals surface area contributed by atoms with E-state index in [1.54, 1.807) is 0 Å². The largest absolute Gasteiger partial charge is 0.465 e. The monoisotopic (exact) mass is 255 g/mol. The van der Waals surface area contributed by atoms with Crippen molar-refractivity contribution in [3.05, 3.63) is 29.6 Å². The second kappa shape index (κ2) is 4.27. The van der Waals surface area contributed by atoms with Crippen LogP contribution in [0.4, 0.5) is 22.0 Å². The number of methoxy groups -OCH3 is 1. The van der Waals surface area contributed by atoms with Gasteiger partial charge in [-0.25, -0.2) is 4.79 Å². The average molecular weight is 255 g/mol. The van der Waals surface area contributed by atoms with Gasteiger partial charge < -0.3 is 4.74 Å². The number of pyridine rings is 1. The lowest BCUT2D eigenvalue weighted by atomic mass is 10.1. The summed E-state index contributed by atoms with van der Waals surface area (Å²) in [5.41, 5.74) is -1.98. The molecule has 0 aromatic carbocycles. The van der Waals surface area contributed by atoms with Crippen molar-refractivity contribution in [2.24, 2.45) is 0 Å². The molecule has 0 amide bonds. The van der Waals surface area contributed by atoms with Gasteiger partial charge in [0.1, 0.15) is 5.69 Å². The number of ether oxygens (including phenoxy) is 1. The second-order valence-electron chi connectivity index (χ2n) is 2.99. The Hall–Kier alpha value is -1.73. The van der Waals surface area contributed by atoms with E-state index in [1.165, 1.54) is 0 Å². The summed E-state index contributed by atoms with van der Waals surface area (Å²) in [6.07, 6.45) is -5.09. The minimum Gasteiger partial charge on any atom is -0.465 e. The van der Waals surface area contributed by atoms with E-state index in [0.717, 1.165) is 13.2 Å². The molecule has 17 heavy (non-hydrogen) atoms. The minimum atomic E-state index is -5.77. The third-order valence-corrected chi connectivity index (χ3v) is 1.86. The molecule has 0 aliphatic rings. The van der Waals surface area contributed by atoms with Crippen molar-refractivity contribution in [2.45, 2.75) is 12.1 Å². The number of aromatic nitrogens is 1. The van der Waals surface area contributed by atoms with Crippen LogP contribution in [0.2, 0.25) is 0 Å². The summed E-state index contributed by atoms with van der Waals surface area (Å²) in [5.74, 6) is -6.14. The number of nitrogens with zero attached hydrogens (tertiary/aromatic N) is 1. The SMILES string of the molecule is COC(=O)c1ccnc(C(F)(F)C(F)(F)F)c1. The van der Waals surface area contributed by atoms with E-state index in [4.69, 9.17) is 0 Å². The molecule has 0 aliphatic carbocycles. The Morgan fingerprint density at radius 3 is 2.35 bits per heavy atom. The number of rotatable bonds is 2. The number of hydrogen-bond acceptors (Lipinski definition) is 3. The molecule has 0 fully saturated rings. The van der Waals surface area contributed by atoms with E-state index in [9.17, 15) is 26.7 Å². The molecule has 1 heterocycles. The summed E-state index contributed by atoms with van der Waals surface area (Å²) >= 11 is 0. The van der Waals surface area contributed by atoms with Gasteiger partial charge in [-0.2, -0.15) is 22.0 Å². The molecule has 0 saturated heterocycles. The van der Waals surface area contributed by atoms with Gasteiger partial charge in [0.2, 0.25) is 0 Å². The Bertz CT molecular complexity index is 430. The molecule has 3 nitrogen and oxygen atoms in total. The van der Waals surface area contributed by atoms with Gasteiger partial charge in [0, 0.05) is 6.20 Å². The zero-order valence-electron chi connectivity index (χ0n) is 8.39. The smallest absolute Gasteiger partial charge is 0.459 e. The molecular formula is C9H6F5NO2. The predicted molar refractivity (Wildman–Crippen MR) is 45.5 cm³/mol. The molecule has 8 heteroatoms. The predicted octanol–water partition coefficient (Wildman–Crippen LogP) is 2.52. The average Bonchev–Trinajstić information content (AvgIpc) is 2.26. The van der Waals surface area contributed by atoms with Crippen molar-refractivity contribution < 1.29 is 31.5 Å². The first-order chi connectivity index (χ1) is 7.70. The number of esters is 1. The van der Waals surface area contributed by atoms with Gasteiger partial charge in [-0.15, -0.1) is 0 Å². The number of carbonyl (C=O) groups excluding carboxylic acids is 1. The van der Waals surface area contributed by atoms with Crippen LogP contribution >= 0.6 is 0 Å². The van der Waals surface area contributed by atoms with Gasteiger partial charge in [-0.1, -0.05) is 0 Å². The van der Waals surface area contributed by atoms with Crippen LogP contribution in [-0.4, -0.2) is 24.2 Å². The topological polar surface area (TPSA) is 39.2 Å². The maximum Gasteiger partial charge on any atom is 0.459 e. The number of halogens is 5. The molecule has 1 rings (SSSR count). The fraction of sp³-hybridized carbons (Fsp3) is 0.333. The summed E-state index contributed by atoms with van der Waals surface area (Å²) in [4.78, 5) is 13.9. The maximum absolute atomic E-state index is 12.9. The Kier molecular flexibility index (Phi) is 3.35. The first-order valence-electron chi connectivity index (χ1n) is 4.19. The van der Waals surface area contributed by atoms with Crippen molar-refractivity contribution in [3.63, 3.8) is 0 Å². The Labute approximate surface area is 92.2 Å². The number of carbonyl (C=O) groups is 1. The lowest BCUT2D eigenvalue weighted by molar-refractivity contribution is -0.290. The molecule has 94 valence electrons. The summed E-state index contributed by atoms with van der Waals surface area (Å²) in [6.45, 7) is 0. The minimum absolute atomic E-state index is 0.347. The summed E-state index contributed by atoms with van der Waals surface area (Å²) in [7, 11) is 0.977. The lowest BCUT2D eigenvalue weighted by Gasteiger charge is -2.18. The molecule has 1 aromatic heterocycles. The number of hydrogen-bond donors (Lipinski definition) is 0. The summed E-state index contributed by atoms with van der Waals surface area (Å²) in [6, 6.07) is 1.32. The Balaban J connectivity index is 3.21. The summed E-state index contributed by atoms with van der Waals surface area (Å²) < 4.78 is 66.0. The normalized spacial score (nSPS) is 12.4. The fourth-order valence-electron chi connectivity index (χ4n) is 0.992. The molecule has 0 unspecified atom stereocenters. The van der Waals surface area contributed by atoms with Crippen LogP contribution in [0.25, 0.3) is 0 Å². The molecule has 0 saturated carbocycles. The molecule has 0 atom stereocenters. The van der Waals surface area contributed by atoms with E-state index in [-0.39, 0.29) is 0 Å². The van der Waals surface area contributed by atoms with Crippen molar-refractivity contribution in [1.82, 2.24) is 4.98 Å². The highest BCUT2D eigenvalue weighted by molar-refractivity contribution is 5.89. The third kappa shape index (κ3) is 2.51. The van der Waals surface area contributed by atoms with Crippen LogP contribution in [0.5, 0.6) is 0 Å². The number of alkyl halides is 5. The van der Waals surface area contributed by atoms with Gasteiger partial charge in [-0.3, -0.25) is 4.98 Å². The van der Waals surface area contributed by atoms with Gasteiger partial charge in [0.15, 0.2) is 0 Å². The molecule has 0 N–H and O–H groups in total. The van der Waals surface area contributed by atoms with Crippen LogP contribution in [0.15, 0.2) is 18.3 Å². The van der Waals surface area contributed by atoms with Crippen molar-refractivity contribution in [3.8, 4) is 0 Å². The zero-order chi connectivity index (χ0) is 13.3. The molecule has 0 spiro atoms. The van der Waals surface area contributed by atoms with Crippen molar-refractivity contribution in [2.75, 3.05) is 7.11 Å². The highest BCUT2D eigenvalue weighted by Gasteiger charge is 2.60. The highest BCUT2D eigenvalue weighted by atomic mass is 19.4. The van der Waals surface area contributed by atoms with Crippen LogP contribution in [0, 0.1) is 0 Å². The first-order valence-corrected chi connectivity index (χ1v) is 4.19. The first kappa shape index (κ1) is 13.3. The van der Waals surface area contributed by atoms with Crippen LogP contribution in [0.3, 0.4) is 0 Å². The highest BCUT2D eigenvalue weighted by Crippen LogP contribution is 2.42. The van der Waals surface area contributed by atoms with Crippen LogP contribution in [0.1, 0.15) is 16.1 Å². The second-order valence-corrected chi connectivity index (χ2v) is 2.99. The zero-order valence-corrected chi connectivity index (χ0v) is 8.39. The van der Waals surface area contributed by atoms with E-state index in [2.05, 4.69) is 9.72 Å². The fourth-order valence-corrected chi connectivity index (χ4v) is 0.992. The van der Waals surface area contributed by atoms with Gasteiger partial charge in [0.25, 0.3) is 0 Å². The standard InChI is InChI=1S/C9H6F5NO2/c1-17-7(16)5-2-3-15-6(4-5)8(10,11)9(12,13)14/h2-4H,1H3. The Morgan fingerprint density at radius 2 is 1.88 bits per heavy atom. The molecule has 0 radical (unpaired) electrons. The van der Waals surface area contributed by atoms with E-state index in [1.807, 2.05) is 0 Å². The van der Waals surface area contributed by atoms with Crippen LogP contribution < -0.4 is 0 Å². The molecule has 0 aliphatic heterocycles. The van der Waals surface area contributed by atoms with Crippen molar-refractivity contribution in [1.29, 1.82) is 0 Å². The van der Waals surface area contributed by atoms with E-state index < -0.39 is 29.3 Å². The van der Waals surface area contributed by atoms with E-state index in [0.29, 0.717) is 12.3 Å². The molecule has 1 aromatic rings.